The molecule has 0 bridgehead atoms. The Hall–Kier alpha value is -1.96. The highest BCUT2D eigenvalue weighted by Gasteiger charge is 2.27. The molecule has 2 atom stereocenters. The second-order valence-corrected chi connectivity index (χ2v) is 5.77. The molecule has 1 heterocycles. The molecule has 2 aromatic carbocycles. The third-order valence-electron chi connectivity index (χ3n) is 4.02. The number of rotatable bonds is 2. The zero-order valence-corrected chi connectivity index (χ0v) is 12.3. The van der Waals surface area contributed by atoms with Crippen LogP contribution in [0.15, 0.2) is 42.5 Å². The summed E-state index contributed by atoms with van der Waals surface area (Å²) in [4.78, 5) is 0. The maximum absolute atomic E-state index is 5.81. The van der Waals surface area contributed by atoms with Crippen LogP contribution in [0.1, 0.15) is 29.7 Å². The Morgan fingerprint density at radius 1 is 1.10 bits per heavy atom. The zero-order chi connectivity index (χ0) is 14.1. The van der Waals surface area contributed by atoms with Crippen molar-refractivity contribution in [2.45, 2.75) is 26.8 Å². The molecule has 1 aliphatic rings. The van der Waals surface area contributed by atoms with E-state index in [1.165, 1.54) is 22.4 Å². The van der Waals surface area contributed by atoms with E-state index >= 15 is 0 Å². The molecular weight excluding hydrogens is 246 g/mol. The number of hydrogen-bond donors (Lipinski definition) is 1. The first kappa shape index (κ1) is 13.0. The molecule has 0 aromatic heterocycles. The lowest BCUT2D eigenvalue weighted by Crippen LogP contribution is -2.29. The van der Waals surface area contributed by atoms with Gasteiger partial charge < -0.3 is 10.1 Å². The van der Waals surface area contributed by atoms with Crippen molar-refractivity contribution in [2.24, 2.45) is 5.92 Å². The lowest BCUT2D eigenvalue weighted by Gasteiger charge is -2.33. The Labute approximate surface area is 120 Å². The molecule has 2 unspecified atom stereocenters. The average Bonchev–Trinajstić information content (AvgIpc) is 2.44. The molecule has 0 fully saturated rings. The SMILES string of the molecule is Cc1ccc(NC2c3ccccc3OCC2C)c(C)c1. The molecule has 0 saturated heterocycles. The summed E-state index contributed by atoms with van der Waals surface area (Å²) >= 11 is 0. The fourth-order valence-electron chi connectivity index (χ4n) is 2.86. The minimum atomic E-state index is 0.307. The molecule has 3 rings (SSSR count). The van der Waals surface area contributed by atoms with E-state index in [1.807, 2.05) is 6.07 Å². The number of fused-ring (bicyclic) bond motifs is 1. The van der Waals surface area contributed by atoms with Crippen LogP contribution in [0.3, 0.4) is 0 Å². The van der Waals surface area contributed by atoms with Crippen molar-refractivity contribution >= 4 is 5.69 Å². The molecule has 0 aliphatic carbocycles. The predicted molar refractivity (Wildman–Crippen MR) is 83.4 cm³/mol. The van der Waals surface area contributed by atoms with E-state index in [9.17, 15) is 0 Å². The van der Waals surface area contributed by atoms with E-state index in [2.05, 4.69) is 62.5 Å². The monoisotopic (exact) mass is 267 g/mol. The van der Waals surface area contributed by atoms with Crippen molar-refractivity contribution in [3.05, 3.63) is 59.2 Å². The highest BCUT2D eigenvalue weighted by Crippen LogP contribution is 2.37. The summed E-state index contributed by atoms with van der Waals surface area (Å²) in [5, 5.41) is 3.70. The summed E-state index contributed by atoms with van der Waals surface area (Å²) in [5.41, 5.74) is 5.06. The van der Waals surface area contributed by atoms with Crippen LogP contribution >= 0.6 is 0 Å². The molecule has 0 saturated carbocycles. The summed E-state index contributed by atoms with van der Waals surface area (Å²) in [5.74, 6) is 1.46. The molecule has 1 aliphatic heterocycles. The van der Waals surface area contributed by atoms with Crippen LogP contribution in [0, 0.1) is 19.8 Å². The minimum Gasteiger partial charge on any atom is -0.493 e. The standard InChI is InChI=1S/C18H21NO/c1-12-8-9-16(13(2)10-12)19-18-14(3)11-20-17-7-5-4-6-15(17)18/h4-10,14,18-19H,11H2,1-3H3. The first-order valence-corrected chi connectivity index (χ1v) is 7.20. The number of aryl methyl sites for hydroxylation is 2. The molecule has 20 heavy (non-hydrogen) atoms. The minimum absolute atomic E-state index is 0.307. The van der Waals surface area contributed by atoms with Gasteiger partial charge in [0.1, 0.15) is 5.75 Å². The molecule has 2 nitrogen and oxygen atoms in total. The van der Waals surface area contributed by atoms with Gasteiger partial charge in [-0.05, 0) is 31.5 Å². The van der Waals surface area contributed by atoms with E-state index in [4.69, 9.17) is 4.74 Å². The third kappa shape index (κ3) is 2.38. The summed E-state index contributed by atoms with van der Waals surface area (Å²) in [6.45, 7) is 7.28. The molecule has 104 valence electrons. The van der Waals surface area contributed by atoms with Gasteiger partial charge in [0.05, 0.1) is 12.6 Å². The summed E-state index contributed by atoms with van der Waals surface area (Å²) in [7, 11) is 0. The van der Waals surface area contributed by atoms with Gasteiger partial charge >= 0.3 is 0 Å². The Balaban J connectivity index is 1.93. The normalized spacial score (nSPS) is 20.9. The topological polar surface area (TPSA) is 21.3 Å². The first-order chi connectivity index (χ1) is 9.65. The fraction of sp³-hybridized carbons (Fsp3) is 0.333. The molecule has 0 amide bonds. The third-order valence-corrected chi connectivity index (χ3v) is 4.02. The number of hydrogen-bond acceptors (Lipinski definition) is 2. The van der Waals surface area contributed by atoms with Crippen LogP contribution in [0.2, 0.25) is 0 Å². The lowest BCUT2D eigenvalue weighted by atomic mass is 9.91. The molecular formula is C18H21NO. The van der Waals surface area contributed by atoms with Gasteiger partial charge in [-0.15, -0.1) is 0 Å². The van der Waals surface area contributed by atoms with Gasteiger partial charge in [-0.1, -0.05) is 42.8 Å². The van der Waals surface area contributed by atoms with Crippen LogP contribution in [-0.4, -0.2) is 6.61 Å². The van der Waals surface area contributed by atoms with E-state index < -0.39 is 0 Å². The molecule has 2 aromatic rings. The average molecular weight is 267 g/mol. The predicted octanol–water partition coefficient (Wildman–Crippen LogP) is 4.49. The van der Waals surface area contributed by atoms with Crippen molar-refractivity contribution in [3.63, 3.8) is 0 Å². The van der Waals surface area contributed by atoms with Crippen molar-refractivity contribution in [2.75, 3.05) is 11.9 Å². The zero-order valence-electron chi connectivity index (χ0n) is 12.3. The van der Waals surface area contributed by atoms with Crippen molar-refractivity contribution in [1.82, 2.24) is 0 Å². The van der Waals surface area contributed by atoms with Crippen molar-refractivity contribution in [3.8, 4) is 5.75 Å². The first-order valence-electron chi connectivity index (χ1n) is 7.20. The van der Waals surface area contributed by atoms with Gasteiger partial charge in [-0.2, -0.15) is 0 Å². The van der Waals surface area contributed by atoms with Crippen molar-refractivity contribution < 1.29 is 4.74 Å². The Bertz CT molecular complexity index is 621. The lowest BCUT2D eigenvalue weighted by molar-refractivity contribution is 0.214. The van der Waals surface area contributed by atoms with Gasteiger partial charge in [-0.25, -0.2) is 0 Å². The van der Waals surface area contributed by atoms with Gasteiger partial charge in [0, 0.05) is 17.2 Å². The van der Waals surface area contributed by atoms with Crippen LogP contribution in [0.25, 0.3) is 0 Å². The Morgan fingerprint density at radius 2 is 1.90 bits per heavy atom. The number of benzene rings is 2. The smallest absolute Gasteiger partial charge is 0.124 e. The van der Waals surface area contributed by atoms with Crippen LogP contribution in [-0.2, 0) is 0 Å². The van der Waals surface area contributed by atoms with E-state index in [-0.39, 0.29) is 0 Å². The molecule has 1 N–H and O–H groups in total. The maximum Gasteiger partial charge on any atom is 0.124 e. The quantitative estimate of drug-likeness (QED) is 0.866. The summed E-state index contributed by atoms with van der Waals surface area (Å²) in [6, 6.07) is 15.2. The maximum atomic E-state index is 5.81. The van der Waals surface area contributed by atoms with Crippen molar-refractivity contribution in [1.29, 1.82) is 0 Å². The molecule has 2 heteroatoms. The van der Waals surface area contributed by atoms with Gasteiger partial charge in [0.2, 0.25) is 0 Å². The molecule has 0 radical (unpaired) electrons. The Morgan fingerprint density at radius 3 is 2.70 bits per heavy atom. The molecule has 0 spiro atoms. The van der Waals surface area contributed by atoms with Crippen LogP contribution in [0.4, 0.5) is 5.69 Å². The fourth-order valence-corrected chi connectivity index (χ4v) is 2.86. The Kier molecular flexibility index (Phi) is 3.39. The van der Waals surface area contributed by atoms with E-state index in [0.29, 0.717) is 12.0 Å². The number of ether oxygens (including phenoxy) is 1. The van der Waals surface area contributed by atoms with Crippen LogP contribution in [0.5, 0.6) is 5.75 Å². The highest BCUT2D eigenvalue weighted by molar-refractivity contribution is 5.55. The van der Waals surface area contributed by atoms with Gasteiger partial charge in [-0.3, -0.25) is 0 Å². The van der Waals surface area contributed by atoms with E-state index in [0.717, 1.165) is 12.4 Å². The van der Waals surface area contributed by atoms with E-state index in [1.54, 1.807) is 0 Å². The number of nitrogens with one attached hydrogen (secondary N) is 1. The second kappa shape index (κ2) is 5.20. The number of anilines is 1. The van der Waals surface area contributed by atoms with Crippen LogP contribution < -0.4 is 10.1 Å². The second-order valence-electron chi connectivity index (χ2n) is 5.77. The van der Waals surface area contributed by atoms with Gasteiger partial charge in [0.25, 0.3) is 0 Å². The summed E-state index contributed by atoms with van der Waals surface area (Å²) in [6.07, 6.45) is 0. The number of para-hydroxylation sites is 1. The largest absolute Gasteiger partial charge is 0.493 e. The highest BCUT2D eigenvalue weighted by atomic mass is 16.5. The van der Waals surface area contributed by atoms with Gasteiger partial charge in [0.15, 0.2) is 0 Å². The summed E-state index contributed by atoms with van der Waals surface area (Å²) < 4.78 is 5.81.